The van der Waals surface area contributed by atoms with Crippen LogP contribution in [0.25, 0.3) is 10.4 Å². The van der Waals surface area contributed by atoms with Crippen LogP contribution in [-0.2, 0) is 21.2 Å². The van der Waals surface area contributed by atoms with Gasteiger partial charge in [0.2, 0.25) is 5.91 Å². The van der Waals surface area contributed by atoms with E-state index in [9.17, 15) is 18.0 Å². The van der Waals surface area contributed by atoms with Gasteiger partial charge in [0, 0.05) is 25.8 Å². The maximum Gasteiger partial charge on any atom is 0.256 e. The number of aromatic nitrogens is 1. The highest BCUT2D eigenvalue weighted by atomic mass is 32.2. The second-order valence-corrected chi connectivity index (χ2v) is 9.91. The molecule has 27 heavy (non-hydrogen) atoms. The summed E-state index contributed by atoms with van der Waals surface area (Å²) >= 11 is 1.28. The normalized spacial score (nSPS) is 14.0. The summed E-state index contributed by atoms with van der Waals surface area (Å²) in [6, 6.07) is 3.35. The SMILES string of the molecule is CC(=O)Nc1nc(C)c(-c2cc3c(c(S(C)(=O)=O)c2)C(=O)N(C(C)C)C3)s1. The van der Waals surface area contributed by atoms with Gasteiger partial charge in [0.15, 0.2) is 15.0 Å². The van der Waals surface area contributed by atoms with Crippen LogP contribution in [0.1, 0.15) is 42.4 Å². The monoisotopic (exact) mass is 407 g/mol. The zero-order valence-corrected chi connectivity index (χ0v) is 17.4. The molecule has 1 aliphatic rings. The Morgan fingerprint density at radius 3 is 2.56 bits per heavy atom. The minimum atomic E-state index is -3.60. The quantitative estimate of drug-likeness (QED) is 0.841. The minimum absolute atomic E-state index is 0.0303. The van der Waals surface area contributed by atoms with Crippen molar-refractivity contribution in [2.45, 2.75) is 45.2 Å². The lowest BCUT2D eigenvalue weighted by molar-refractivity contribution is -0.114. The predicted molar refractivity (Wildman–Crippen MR) is 105 cm³/mol. The van der Waals surface area contributed by atoms with Crippen LogP contribution in [0.5, 0.6) is 0 Å². The Hall–Kier alpha value is -2.26. The van der Waals surface area contributed by atoms with Crippen molar-refractivity contribution in [1.29, 1.82) is 0 Å². The fourth-order valence-corrected chi connectivity index (χ4v) is 5.08. The minimum Gasteiger partial charge on any atom is -0.332 e. The number of carbonyl (C=O) groups excluding carboxylic acids is 2. The molecule has 0 aliphatic carbocycles. The van der Waals surface area contributed by atoms with E-state index in [2.05, 4.69) is 10.3 Å². The molecule has 144 valence electrons. The molecule has 2 heterocycles. The highest BCUT2D eigenvalue weighted by Gasteiger charge is 2.35. The number of sulfone groups is 1. The molecule has 1 aliphatic heterocycles. The number of fused-ring (bicyclic) bond motifs is 1. The van der Waals surface area contributed by atoms with E-state index >= 15 is 0 Å². The van der Waals surface area contributed by atoms with Gasteiger partial charge in [-0.25, -0.2) is 13.4 Å². The van der Waals surface area contributed by atoms with Gasteiger partial charge in [0.25, 0.3) is 5.91 Å². The molecule has 1 N–H and O–H groups in total. The van der Waals surface area contributed by atoms with Crippen molar-refractivity contribution in [3.63, 3.8) is 0 Å². The maximum absolute atomic E-state index is 12.8. The molecule has 0 saturated heterocycles. The Kier molecular flexibility index (Phi) is 4.85. The van der Waals surface area contributed by atoms with Gasteiger partial charge in [-0.1, -0.05) is 11.3 Å². The first-order valence-electron chi connectivity index (χ1n) is 8.42. The molecule has 3 rings (SSSR count). The fraction of sp³-hybridized carbons (Fsp3) is 0.389. The first-order chi connectivity index (χ1) is 12.5. The molecule has 9 heteroatoms. The number of nitrogens with zero attached hydrogens (tertiary/aromatic N) is 2. The standard InChI is InChI=1S/C18H21N3O4S2/c1-9(2)21-8-13-6-12(7-14(27(5,24)25)15(13)17(21)23)16-10(3)19-18(26-16)20-11(4)22/h6-7,9H,8H2,1-5H3,(H,19,20,22). The molecule has 0 spiro atoms. The molecule has 2 aromatic rings. The average molecular weight is 408 g/mol. The van der Waals surface area contributed by atoms with Crippen molar-refractivity contribution in [3.05, 3.63) is 29.0 Å². The molecular weight excluding hydrogens is 386 g/mol. The van der Waals surface area contributed by atoms with E-state index < -0.39 is 9.84 Å². The zero-order valence-electron chi connectivity index (χ0n) is 15.8. The smallest absolute Gasteiger partial charge is 0.256 e. The van der Waals surface area contributed by atoms with Gasteiger partial charge in [0.05, 0.1) is 21.0 Å². The van der Waals surface area contributed by atoms with Crippen molar-refractivity contribution >= 4 is 38.1 Å². The number of thiazole rings is 1. The Bertz CT molecular complexity index is 1050. The molecule has 0 saturated carbocycles. The van der Waals surface area contributed by atoms with E-state index in [-0.39, 0.29) is 28.3 Å². The summed E-state index contributed by atoms with van der Waals surface area (Å²) in [5.74, 6) is -0.480. The van der Waals surface area contributed by atoms with Crippen LogP contribution in [-0.4, -0.2) is 42.4 Å². The van der Waals surface area contributed by atoms with Gasteiger partial charge in [-0.15, -0.1) is 0 Å². The molecule has 0 fully saturated rings. The number of hydrogen-bond acceptors (Lipinski definition) is 6. The van der Waals surface area contributed by atoms with Crippen molar-refractivity contribution in [2.75, 3.05) is 11.6 Å². The number of carbonyl (C=O) groups is 2. The molecule has 0 unspecified atom stereocenters. The van der Waals surface area contributed by atoms with Gasteiger partial charge in [-0.2, -0.15) is 0 Å². The fourth-order valence-electron chi connectivity index (χ4n) is 3.15. The van der Waals surface area contributed by atoms with Gasteiger partial charge in [-0.3, -0.25) is 9.59 Å². The van der Waals surface area contributed by atoms with Crippen LogP contribution in [0.4, 0.5) is 5.13 Å². The molecule has 0 bridgehead atoms. The lowest BCUT2D eigenvalue weighted by Crippen LogP contribution is -2.31. The van der Waals surface area contributed by atoms with Crippen LogP contribution in [0.15, 0.2) is 17.0 Å². The molecule has 1 aromatic heterocycles. The number of nitrogens with one attached hydrogen (secondary N) is 1. The van der Waals surface area contributed by atoms with E-state index in [1.54, 1.807) is 11.8 Å². The van der Waals surface area contributed by atoms with Crippen LogP contribution >= 0.6 is 11.3 Å². The van der Waals surface area contributed by atoms with Crippen LogP contribution in [0.3, 0.4) is 0 Å². The number of hydrogen-bond donors (Lipinski definition) is 1. The van der Waals surface area contributed by atoms with Gasteiger partial charge >= 0.3 is 0 Å². The first-order valence-corrected chi connectivity index (χ1v) is 11.1. The van der Waals surface area contributed by atoms with Crippen molar-refractivity contribution in [2.24, 2.45) is 0 Å². The van der Waals surface area contributed by atoms with E-state index in [0.717, 1.165) is 11.1 Å². The van der Waals surface area contributed by atoms with Crippen LogP contribution < -0.4 is 5.32 Å². The van der Waals surface area contributed by atoms with Crippen molar-refractivity contribution < 1.29 is 18.0 Å². The second-order valence-electron chi connectivity index (χ2n) is 6.92. The lowest BCUT2D eigenvalue weighted by atomic mass is 10.0. The molecule has 0 atom stereocenters. The number of anilines is 1. The summed E-state index contributed by atoms with van der Waals surface area (Å²) in [4.78, 5) is 30.8. The summed E-state index contributed by atoms with van der Waals surface area (Å²) in [5.41, 5.74) is 2.33. The van der Waals surface area contributed by atoms with Crippen molar-refractivity contribution in [1.82, 2.24) is 9.88 Å². The van der Waals surface area contributed by atoms with Gasteiger partial charge in [0.1, 0.15) is 0 Å². The average Bonchev–Trinajstić information content (AvgIpc) is 3.05. The summed E-state index contributed by atoms with van der Waals surface area (Å²) in [5, 5.41) is 3.10. The first kappa shape index (κ1) is 19.5. The number of rotatable bonds is 4. The maximum atomic E-state index is 12.8. The highest BCUT2D eigenvalue weighted by Crippen LogP contribution is 2.39. The van der Waals surface area contributed by atoms with Gasteiger partial charge in [-0.05, 0) is 44.0 Å². The van der Waals surface area contributed by atoms with Crippen LogP contribution in [0.2, 0.25) is 0 Å². The van der Waals surface area contributed by atoms with Crippen LogP contribution in [0, 0.1) is 6.92 Å². The summed E-state index contributed by atoms with van der Waals surface area (Å²) < 4.78 is 24.8. The Morgan fingerprint density at radius 2 is 2.00 bits per heavy atom. The molecular formula is C18H21N3O4S2. The molecule has 7 nitrogen and oxygen atoms in total. The molecule has 2 amide bonds. The van der Waals surface area contributed by atoms with Gasteiger partial charge < -0.3 is 10.2 Å². The highest BCUT2D eigenvalue weighted by molar-refractivity contribution is 7.90. The third-order valence-corrected chi connectivity index (χ3v) is 6.61. The Morgan fingerprint density at radius 1 is 1.33 bits per heavy atom. The molecule has 0 radical (unpaired) electrons. The topological polar surface area (TPSA) is 96.4 Å². The predicted octanol–water partition coefficient (Wildman–Crippen LogP) is 2.84. The second kappa shape index (κ2) is 6.72. The molecule has 1 aromatic carbocycles. The zero-order chi connectivity index (χ0) is 20.1. The Balaban J connectivity index is 2.19. The summed E-state index contributed by atoms with van der Waals surface area (Å²) in [6.45, 7) is 7.38. The summed E-state index contributed by atoms with van der Waals surface area (Å²) in [7, 11) is -3.60. The number of aryl methyl sites for hydroxylation is 1. The summed E-state index contributed by atoms with van der Waals surface area (Å²) in [6.07, 6.45) is 1.11. The number of benzene rings is 1. The third-order valence-electron chi connectivity index (χ3n) is 4.36. The van der Waals surface area contributed by atoms with E-state index in [0.29, 0.717) is 28.5 Å². The lowest BCUT2D eigenvalue weighted by Gasteiger charge is -2.20. The van der Waals surface area contributed by atoms with E-state index in [1.807, 2.05) is 19.9 Å². The van der Waals surface area contributed by atoms with Crippen molar-refractivity contribution in [3.8, 4) is 10.4 Å². The third kappa shape index (κ3) is 3.61. The largest absolute Gasteiger partial charge is 0.332 e. The number of amides is 2. The van der Waals surface area contributed by atoms with E-state index in [1.165, 1.54) is 24.3 Å². The Labute approximate surface area is 162 Å². The van der Waals surface area contributed by atoms with E-state index in [4.69, 9.17) is 0 Å².